The summed E-state index contributed by atoms with van der Waals surface area (Å²) in [6, 6.07) is 5.80. The molecular weight excluding hydrogens is 361 g/mol. The summed E-state index contributed by atoms with van der Waals surface area (Å²) >= 11 is 0. The number of hydrogen-bond acceptors (Lipinski definition) is 7. The van der Waals surface area contributed by atoms with Crippen LogP contribution in [0, 0.1) is 5.82 Å². The van der Waals surface area contributed by atoms with E-state index in [4.69, 9.17) is 0 Å². The lowest BCUT2D eigenvalue weighted by atomic mass is 10.1. The van der Waals surface area contributed by atoms with Crippen molar-refractivity contribution in [2.45, 2.75) is 6.23 Å². The quantitative estimate of drug-likeness (QED) is 0.670. The maximum atomic E-state index is 14.2. The topological polar surface area (TPSA) is 85.6 Å². The first-order valence-electron chi connectivity index (χ1n) is 8.96. The zero-order chi connectivity index (χ0) is 19.7. The highest BCUT2D eigenvalue weighted by Crippen LogP contribution is 2.33. The summed E-state index contributed by atoms with van der Waals surface area (Å²) in [6.07, 6.45) is 3.94. The summed E-state index contributed by atoms with van der Waals surface area (Å²) in [5, 5.41) is 20.7. The SMILES string of the molecule is C=CC(O)N1CCN(c2ncnc3cc(-c4c(O)cccc4F)ncc23)CC1. The second-order valence-corrected chi connectivity index (χ2v) is 6.59. The Bertz CT molecular complexity index is 1000. The molecule has 1 aromatic carbocycles. The Hall–Kier alpha value is -3.10. The molecule has 1 aliphatic rings. The molecule has 1 aliphatic heterocycles. The van der Waals surface area contributed by atoms with Gasteiger partial charge < -0.3 is 15.1 Å². The summed E-state index contributed by atoms with van der Waals surface area (Å²) < 4.78 is 14.2. The fourth-order valence-electron chi connectivity index (χ4n) is 3.44. The fourth-order valence-corrected chi connectivity index (χ4v) is 3.44. The van der Waals surface area contributed by atoms with Crippen LogP contribution in [0.1, 0.15) is 0 Å². The smallest absolute Gasteiger partial charge is 0.141 e. The number of aromatic nitrogens is 3. The average Bonchev–Trinajstić information content (AvgIpc) is 2.72. The molecule has 0 aliphatic carbocycles. The maximum Gasteiger partial charge on any atom is 0.141 e. The minimum absolute atomic E-state index is 0.0524. The molecule has 4 rings (SSSR count). The van der Waals surface area contributed by atoms with Gasteiger partial charge in [-0.2, -0.15) is 0 Å². The van der Waals surface area contributed by atoms with Crippen molar-refractivity contribution in [1.29, 1.82) is 0 Å². The molecule has 3 heterocycles. The molecule has 1 unspecified atom stereocenters. The summed E-state index contributed by atoms with van der Waals surface area (Å²) in [5.41, 5.74) is 0.981. The minimum Gasteiger partial charge on any atom is -0.507 e. The van der Waals surface area contributed by atoms with Gasteiger partial charge in [-0.25, -0.2) is 14.4 Å². The molecule has 1 atom stereocenters. The average molecular weight is 381 g/mol. The first kappa shape index (κ1) is 18.3. The van der Waals surface area contributed by atoms with Gasteiger partial charge in [-0.3, -0.25) is 9.88 Å². The highest BCUT2D eigenvalue weighted by Gasteiger charge is 2.23. The molecule has 7 nitrogen and oxygen atoms in total. The lowest BCUT2D eigenvalue weighted by molar-refractivity contribution is 0.0380. The number of benzene rings is 1. The van der Waals surface area contributed by atoms with Crippen molar-refractivity contribution in [2.24, 2.45) is 0 Å². The molecule has 0 bridgehead atoms. The van der Waals surface area contributed by atoms with E-state index in [-0.39, 0.29) is 11.3 Å². The molecule has 0 radical (unpaired) electrons. The van der Waals surface area contributed by atoms with E-state index < -0.39 is 12.0 Å². The lowest BCUT2D eigenvalue weighted by Crippen LogP contribution is -2.50. The number of pyridine rings is 1. The van der Waals surface area contributed by atoms with Gasteiger partial charge in [0.1, 0.15) is 29.9 Å². The van der Waals surface area contributed by atoms with Gasteiger partial charge in [-0.15, -0.1) is 0 Å². The zero-order valence-electron chi connectivity index (χ0n) is 15.2. The van der Waals surface area contributed by atoms with Crippen LogP contribution in [0.5, 0.6) is 5.75 Å². The van der Waals surface area contributed by atoms with Crippen LogP contribution in [-0.4, -0.2) is 62.5 Å². The van der Waals surface area contributed by atoms with Crippen molar-refractivity contribution < 1.29 is 14.6 Å². The first-order valence-corrected chi connectivity index (χ1v) is 8.96. The first-order chi connectivity index (χ1) is 13.6. The Morgan fingerprint density at radius 1 is 1.14 bits per heavy atom. The van der Waals surface area contributed by atoms with Crippen molar-refractivity contribution in [1.82, 2.24) is 19.9 Å². The van der Waals surface area contributed by atoms with Crippen LogP contribution in [0.4, 0.5) is 10.2 Å². The number of phenolic OH excluding ortho intramolecular Hbond substituents is 1. The Kier molecular flexibility index (Phi) is 4.89. The molecule has 8 heteroatoms. The van der Waals surface area contributed by atoms with Gasteiger partial charge in [0, 0.05) is 32.4 Å². The van der Waals surface area contributed by atoms with E-state index in [0.29, 0.717) is 37.4 Å². The predicted molar refractivity (Wildman–Crippen MR) is 104 cm³/mol. The van der Waals surface area contributed by atoms with Gasteiger partial charge >= 0.3 is 0 Å². The predicted octanol–water partition coefficient (Wildman–Crippen LogP) is 2.16. The Balaban J connectivity index is 1.66. The second kappa shape index (κ2) is 7.49. The molecule has 0 saturated carbocycles. The van der Waals surface area contributed by atoms with Crippen LogP contribution < -0.4 is 4.90 Å². The van der Waals surface area contributed by atoms with E-state index in [2.05, 4.69) is 26.4 Å². The van der Waals surface area contributed by atoms with Crippen LogP contribution in [-0.2, 0) is 0 Å². The van der Waals surface area contributed by atoms with Crippen molar-refractivity contribution in [2.75, 3.05) is 31.1 Å². The number of fused-ring (bicyclic) bond motifs is 1. The molecule has 144 valence electrons. The summed E-state index contributed by atoms with van der Waals surface area (Å²) in [6.45, 7) is 6.34. The largest absolute Gasteiger partial charge is 0.507 e. The number of aliphatic hydroxyl groups excluding tert-OH is 1. The molecule has 2 N–H and O–H groups in total. The Labute approximate surface area is 161 Å². The normalized spacial score (nSPS) is 16.3. The van der Waals surface area contributed by atoms with E-state index in [1.54, 1.807) is 12.3 Å². The number of rotatable bonds is 4. The molecule has 3 aromatic rings. The van der Waals surface area contributed by atoms with E-state index in [1.807, 2.05) is 4.90 Å². The molecule has 1 saturated heterocycles. The van der Waals surface area contributed by atoms with Gasteiger partial charge in [-0.05, 0) is 24.3 Å². The highest BCUT2D eigenvalue weighted by atomic mass is 19.1. The van der Waals surface area contributed by atoms with Crippen LogP contribution >= 0.6 is 0 Å². The summed E-state index contributed by atoms with van der Waals surface area (Å²) in [4.78, 5) is 17.1. The second-order valence-electron chi connectivity index (χ2n) is 6.59. The van der Waals surface area contributed by atoms with E-state index in [9.17, 15) is 14.6 Å². The van der Waals surface area contributed by atoms with E-state index >= 15 is 0 Å². The molecule has 2 aromatic heterocycles. The Morgan fingerprint density at radius 2 is 1.93 bits per heavy atom. The van der Waals surface area contributed by atoms with Crippen LogP contribution in [0.2, 0.25) is 0 Å². The van der Waals surface area contributed by atoms with Gasteiger partial charge in [-0.1, -0.05) is 12.6 Å². The number of nitrogens with zero attached hydrogens (tertiary/aromatic N) is 5. The van der Waals surface area contributed by atoms with Gasteiger partial charge in [0.05, 0.1) is 22.2 Å². The van der Waals surface area contributed by atoms with Crippen molar-refractivity contribution in [3.63, 3.8) is 0 Å². The molecule has 28 heavy (non-hydrogen) atoms. The van der Waals surface area contributed by atoms with Crippen LogP contribution in [0.25, 0.3) is 22.2 Å². The lowest BCUT2D eigenvalue weighted by Gasteiger charge is -2.37. The third kappa shape index (κ3) is 3.28. The van der Waals surface area contributed by atoms with Crippen molar-refractivity contribution in [3.05, 3.63) is 55.3 Å². The van der Waals surface area contributed by atoms with Crippen LogP contribution in [0.3, 0.4) is 0 Å². The molecule has 0 amide bonds. The number of halogens is 1. The number of hydrogen-bond donors (Lipinski definition) is 2. The fraction of sp³-hybridized carbons (Fsp3) is 0.250. The standard InChI is InChI=1S/C20H20FN5O2/c1-2-18(28)25-6-8-26(9-7-25)20-13-11-22-16(10-15(13)23-12-24-20)19-14(21)4-3-5-17(19)27/h2-5,10-12,18,27-28H,1,6-9H2. The van der Waals surface area contributed by atoms with Gasteiger partial charge in [0.2, 0.25) is 0 Å². The van der Waals surface area contributed by atoms with Crippen molar-refractivity contribution in [3.8, 4) is 17.0 Å². The maximum absolute atomic E-state index is 14.2. The van der Waals surface area contributed by atoms with E-state index in [0.717, 1.165) is 11.2 Å². The zero-order valence-corrected chi connectivity index (χ0v) is 15.2. The molecule has 0 spiro atoms. The number of aliphatic hydroxyl groups is 1. The Morgan fingerprint density at radius 3 is 2.64 bits per heavy atom. The number of piperazine rings is 1. The van der Waals surface area contributed by atoms with Gasteiger partial charge in [0.15, 0.2) is 0 Å². The van der Waals surface area contributed by atoms with Crippen LogP contribution in [0.15, 0.2) is 49.4 Å². The van der Waals surface area contributed by atoms with Crippen molar-refractivity contribution >= 4 is 16.7 Å². The number of aromatic hydroxyl groups is 1. The third-order valence-electron chi connectivity index (χ3n) is 4.95. The summed E-state index contributed by atoms with van der Waals surface area (Å²) in [5.74, 6) is 0.0330. The van der Waals surface area contributed by atoms with E-state index in [1.165, 1.54) is 30.6 Å². The van der Waals surface area contributed by atoms with Gasteiger partial charge in [0.25, 0.3) is 0 Å². The molecule has 1 fully saturated rings. The molecular formula is C20H20FN5O2. The number of phenols is 1. The monoisotopic (exact) mass is 381 g/mol. The minimum atomic E-state index is -0.651. The highest BCUT2D eigenvalue weighted by molar-refractivity contribution is 5.91. The third-order valence-corrected chi connectivity index (χ3v) is 4.95. The summed E-state index contributed by atoms with van der Waals surface area (Å²) in [7, 11) is 0. The number of anilines is 1.